The monoisotopic (exact) mass is 395 g/mol. The summed E-state index contributed by atoms with van der Waals surface area (Å²) >= 11 is 0. The van der Waals surface area contributed by atoms with Crippen LogP contribution in [0.15, 0.2) is 54.6 Å². The van der Waals surface area contributed by atoms with Gasteiger partial charge in [0.1, 0.15) is 0 Å². The van der Waals surface area contributed by atoms with Crippen LogP contribution >= 0.6 is 0 Å². The molecule has 0 unspecified atom stereocenters. The van der Waals surface area contributed by atoms with Crippen molar-refractivity contribution >= 4 is 17.7 Å². The van der Waals surface area contributed by atoms with Crippen LogP contribution in [0.1, 0.15) is 35.7 Å². The van der Waals surface area contributed by atoms with Crippen LogP contribution in [0.5, 0.6) is 0 Å². The minimum atomic E-state index is -0.396. The molecule has 1 fully saturated rings. The minimum Gasteiger partial charge on any atom is -0.462 e. The van der Waals surface area contributed by atoms with Crippen LogP contribution in [0.3, 0.4) is 0 Å². The summed E-state index contributed by atoms with van der Waals surface area (Å²) in [5, 5.41) is 9.20. The molecule has 0 saturated carbocycles. The van der Waals surface area contributed by atoms with Crippen LogP contribution < -0.4 is 16.0 Å². The highest BCUT2D eigenvalue weighted by Gasteiger charge is 2.22. The van der Waals surface area contributed by atoms with Crippen molar-refractivity contribution in [1.82, 2.24) is 10.6 Å². The fourth-order valence-electron chi connectivity index (χ4n) is 3.71. The van der Waals surface area contributed by atoms with Gasteiger partial charge < -0.3 is 20.7 Å². The molecule has 29 heavy (non-hydrogen) atoms. The van der Waals surface area contributed by atoms with Crippen molar-refractivity contribution in [2.75, 3.05) is 25.0 Å². The molecule has 6 heteroatoms. The fraction of sp³-hybridized carbons (Fsp3) is 0.391. The summed E-state index contributed by atoms with van der Waals surface area (Å²) in [5.74, 6) is 0.224. The summed E-state index contributed by atoms with van der Waals surface area (Å²) in [6.45, 7) is 3.61. The first-order valence-corrected chi connectivity index (χ1v) is 10.2. The summed E-state index contributed by atoms with van der Waals surface area (Å²) in [6, 6.07) is 17.3. The van der Waals surface area contributed by atoms with Crippen LogP contribution in [0.25, 0.3) is 0 Å². The fourth-order valence-corrected chi connectivity index (χ4v) is 3.71. The lowest BCUT2D eigenvalue weighted by molar-refractivity contribution is 0.0526. The molecule has 0 radical (unpaired) electrons. The van der Waals surface area contributed by atoms with Crippen LogP contribution in [0, 0.1) is 5.92 Å². The Morgan fingerprint density at radius 3 is 2.76 bits per heavy atom. The number of rotatable bonds is 7. The molecule has 0 spiro atoms. The largest absolute Gasteiger partial charge is 0.462 e. The number of hydrogen-bond donors (Lipinski definition) is 3. The molecule has 2 atom stereocenters. The zero-order chi connectivity index (χ0) is 20.5. The standard InChI is InChI=1S/C23H29N3O3/c1-2-29-22(27)19-9-6-10-20(15-19)26-23(28)25-16-21-14-18(11-12-24-21)13-17-7-4-3-5-8-17/h3-10,15,18,21,24H,2,11-14,16H2,1H3,(H2,25,26,28)/t18-,21-/m1/s1. The molecule has 2 aromatic rings. The minimum absolute atomic E-state index is 0.258. The smallest absolute Gasteiger partial charge is 0.338 e. The van der Waals surface area contributed by atoms with Gasteiger partial charge in [0.05, 0.1) is 12.2 Å². The van der Waals surface area contributed by atoms with Gasteiger partial charge in [0.15, 0.2) is 0 Å². The third kappa shape index (κ3) is 6.61. The lowest BCUT2D eigenvalue weighted by Gasteiger charge is -2.30. The highest BCUT2D eigenvalue weighted by Crippen LogP contribution is 2.21. The molecule has 6 nitrogen and oxygen atoms in total. The van der Waals surface area contributed by atoms with Crippen molar-refractivity contribution in [2.45, 2.75) is 32.2 Å². The third-order valence-corrected chi connectivity index (χ3v) is 5.11. The van der Waals surface area contributed by atoms with Crippen molar-refractivity contribution in [1.29, 1.82) is 0 Å². The quantitative estimate of drug-likeness (QED) is 0.626. The van der Waals surface area contributed by atoms with Gasteiger partial charge in [0.2, 0.25) is 0 Å². The molecule has 154 valence electrons. The van der Waals surface area contributed by atoms with Crippen molar-refractivity contribution in [3.8, 4) is 0 Å². The van der Waals surface area contributed by atoms with Gasteiger partial charge in [-0.15, -0.1) is 0 Å². The summed E-state index contributed by atoms with van der Waals surface area (Å²) in [4.78, 5) is 24.1. The Bertz CT molecular complexity index is 810. The van der Waals surface area contributed by atoms with E-state index in [-0.39, 0.29) is 12.1 Å². The Labute approximate surface area is 172 Å². The van der Waals surface area contributed by atoms with E-state index in [1.807, 2.05) is 6.07 Å². The number of esters is 1. The summed E-state index contributed by atoms with van der Waals surface area (Å²) < 4.78 is 4.99. The highest BCUT2D eigenvalue weighted by molar-refractivity contribution is 5.93. The molecule has 2 aromatic carbocycles. The second kappa shape index (κ2) is 10.6. The van der Waals surface area contributed by atoms with Crippen molar-refractivity contribution < 1.29 is 14.3 Å². The van der Waals surface area contributed by atoms with E-state index in [0.29, 0.717) is 30.3 Å². The first-order chi connectivity index (χ1) is 14.1. The number of ether oxygens (including phenoxy) is 1. The number of hydrogen-bond acceptors (Lipinski definition) is 4. The molecule has 1 aliphatic rings. The van der Waals surface area contributed by atoms with E-state index in [0.717, 1.165) is 25.8 Å². The van der Waals surface area contributed by atoms with Crippen molar-refractivity contribution in [2.24, 2.45) is 5.92 Å². The second-order valence-electron chi connectivity index (χ2n) is 7.37. The van der Waals surface area contributed by atoms with Crippen LogP contribution in [0.4, 0.5) is 10.5 Å². The molecule has 0 aromatic heterocycles. The van der Waals surface area contributed by atoms with Crippen molar-refractivity contribution in [3.05, 3.63) is 65.7 Å². The molecule has 2 amide bonds. The number of amides is 2. The predicted octanol–water partition coefficient (Wildman–Crippen LogP) is 3.60. The maximum Gasteiger partial charge on any atom is 0.338 e. The lowest BCUT2D eigenvalue weighted by atomic mass is 9.87. The number of benzene rings is 2. The van der Waals surface area contributed by atoms with Gasteiger partial charge >= 0.3 is 12.0 Å². The molecular weight excluding hydrogens is 366 g/mol. The lowest BCUT2D eigenvalue weighted by Crippen LogP contribution is -2.47. The Balaban J connectivity index is 1.45. The SMILES string of the molecule is CCOC(=O)c1cccc(NC(=O)NC[C@H]2C[C@@H](Cc3ccccc3)CCN2)c1. The molecule has 1 aliphatic heterocycles. The van der Waals surface area contributed by atoms with E-state index < -0.39 is 5.97 Å². The van der Waals surface area contributed by atoms with Gasteiger partial charge in [-0.1, -0.05) is 36.4 Å². The molecule has 0 aliphatic carbocycles. The van der Waals surface area contributed by atoms with E-state index in [1.165, 1.54) is 5.56 Å². The molecule has 3 N–H and O–H groups in total. The number of anilines is 1. The number of nitrogens with one attached hydrogen (secondary N) is 3. The second-order valence-corrected chi connectivity index (χ2v) is 7.37. The highest BCUT2D eigenvalue weighted by atomic mass is 16.5. The van der Waals surface area contributed by atoms with Gasteiger partial charge in [-0.2, -0.15) is 0 Å². The van der Waals surface area contributed by atoms with Gasteiger partial charge in [0.25, 0.3) is 0 Å². The normalized spacial score (nSPS) is 18.7. The Morgan fingerprint density at radius 1 is 1.14 bits per heavy atom. The first kappa shape index (κ1) is 20.9. The van der Waals surface area contributed by atoms with Gasteiger partial charge in [-0.25, -0.2) is 9.59 Å². The van der Waals surface area contributed by atoms with Gasteiger partial charge in [0, 0.05) is 18.3 Å². The zero-order valence-corrected chi connectivity index (χ0v) is 16.8. The van der Waals surface area contributed by atoms with Crippen LogP contribution in [0.2, 0.25) is 0 Å². The zero-order valence-electron chi connectivity index (χ0n) is 16.8. The maximum absolute atomic E-state index is 12.3. The summed E-state index contributed by atoms with van der Waals surface area (Å²) in [5.41, 5.74) is 2.35. The predicted molar refractivity (Wildman–Crippen MR) is 114 cm³/mol. The third-order valence-electron chi connectivity index (χ3n) is 5.11. The van der Waals surface area contributed by atoms with Crippen LogP contribution in [-0.4, -0.2) is 37.7 Å². The molecular formula is C23H29N3O3. The van der Waals surface area contributed by atoms with E-state index in [2.05, 4.69) is 40.2 Å². The molecule has 1 saturated heterocycles. The van der Waals surface area contributed by atoms with Crippen molar-refractivity contribution in [3.63, 3.8) is 0 Å². The Morgan fingerprint density at radius 2 is 1.97 bits per heavy atom. The topological polar surface area (TPSA) is 79.5 Å². The van der Waals surface area contributed by atoms with Crippen LogP contribution in [-0.2, 0) is 11.2 Å². The number of urea groups is 1. The summed E-state index contributed by atoms with van der Waals surface area (Å²) in [6.07, 6.45) is 3.26. The molecule has 1 heterocycles. The number of piperidine rings is 1. The number of carbonyl (C=O) groups excluding carboxylic acids is 2. The first-order valence-electron chi connectivity index (χ1n) is 10.2. The summed E-state index contributed by atoms with van der Waals surface area (Å²) in [7, 11) is 0. The number of carbonyl (C=O) groups is 2. The van der Waals surface area contributed by atoms with Gasteiger partial charge in [-0.05, 0) is 62.4 Å². The Kier molecular flexibility index (Phi) is 7.64. The van der Waals surface area contributed by atoms with Gasteiger partial charge in [-0.3, -0.25) is 0 Å². The maximum atomic E-state index is 12.3. The van der Waals surface area contributed by atoms with E-state index >= 15 is 0 Å². The molecule has 0 bridgehead atoms. The average molecular weight is 396 g/mol. The van der Waals surface area contributed by atoms with E-state index in [4.69, 9.17) is 4.74 Å². The molecule has 3 rings (SSSR count). The van der Waals surface area contributed by atoms with E-state index in [9.17, 15) is 9.59 Å². The average Bonchev–Trinajstić information content (AvgIpc) is 2.74. The van der Waals surface area contributed by atoms with E-state index in [1.54, 1.807) is 31.2 Å². The Hall–Kier alpha value is -2.86.